The zero-order chi connectivity index (χ0) is 13.1. The van der Waals surface area contributed by atoms with Gasteiger partial charge >= 0.3 is 0 Å². The van der Waals surface area contributed by atoms with Gasteiger partial charge < -0.3 is 10.3 Å². The van der Waals surface area contributed by atoms with Gasteiger partial charge in [0.1, 0.15) is 0 Å². The second-order valence-electron chi connectivity index (χ2n) is 4.45. The summed E-state index contributed by atoms with van der Waals surface area (Å²) in [6.07, 6.45) is 4.62. The van der Waals surface area contributed by atoms with Crippen LogP contribution in [0.2, 0.25) is 5.02 Å². The number of hydrogen-bond acceptors (Lipinski definition) is 2. The molecule has 0 aliphatic carbocycles. The van der Waals surface area contributed by atoms with Crippen LogP contribution in [0.25, 0.3) is 0 Å². The fraction of sp³-hybridized carbons (Fsp3) is 0.308. The van der Waals surface area contributed by atoms with E-state index in [-0.39, 0.29) is 6.04 Å². The van der Waals surface area contributed by atoms with Gasteiger partial charge in [0.15, 0.2) is 0 Å². The molecule has 5 heteroatoms. The average Bonchev–Trinajstić information content (AvgIpc) is 2.69. The predicted molar refractivity (Wildman–Crippen MR) is 77.8 cm³/mol. The van der Waals surface area contributed by atoms with Crippen LogP contribution < -0.4 is 5.73 Å². The number of nitrogens with two attached hydrogens (primary N) is 1. The molecule has 0 aliphatic rings. The first kappa shape index (κ1) is 13.6. The maximum Gasteiger partial charge on any atom is 0.0952 e. The van der Waals surface area contributed by atoms with E-state index >= 15 is 0 Å². The van der Waals surface area contributed by atoms with Crippen LogP contribution in [0.3, 0.4) is 0 Å². The van der Waals surface area contributed by atoms with Gasteiger partial charge in [0.2, 0.25) is 0 Å². The lowest BCUT2D eigenvalue weighted by Gasteiger charge is -2.05. The van der Waals surface area contributed by atoms with Crippen LogP contribution in [0.4, 0.5) is 0 Å². The minimum Gasteiger partial charge on any atom is -0.333 e. The molecule has 1 heterocycles. The summed E-state index contributed by atoms with van der Waals surface area (Å²) < 4.78 is 3.01. The Hall–Kier alpha value is -0.840. The van der Waals surface area contributed by atoms with Crippen molar-refractivity contribution in [3.63, 3.8) is 0 Å². The summed E-state index contributed by atoms with van der Waals surface area (Å²) in [7, 11) is 0. The first-order chi connectivity index (χ1) is 8.54. The molecule has 0 bridgehead atoms. The second-order valence-corrected chi connectivity index (χ2v) is 5.78. The minimum absolute atomic E-state index is 0.129. The first-order valence-electron chi connectivity index (χ1n) is 5.75. The highest BCUT2D eigenvalue weighted by Crippen LogP contribution is 2.22. The van der Waals surface area contributed by atoms with Crippen molar-refractivity contribution >= 4 is 27.5 Å². The molecule has 18 heavy (non-hydrogen) atoms. The molecule has 0 spiro atoms. The van der Waals surface area contributed by atoms with E-state index in [2.05, 4.69) is 20.9 Å². The lowest BCUT2D eigenvalue weighted by Crippen LogP contribution is -2.17. The molecule has 96 valence electrons. The molecule has 1 atom stereocenters. The summed E-state index contributed by atoms with van der Waals surface area (Å²) in [5.74, 6) is 0. The minimum atomic E-state index is 0.129. The van der Waals surface area contributed by atoms with Crippen molar-refractivity contribution in [1.82, 2.24) is 9.55 Å². The van der Waals surface area contributed by atoms with Gasteiger partial charge in [-0.3, -0.25) is 0 Å². The Balaban J connectivity index is 2.11. The van der Waals surface area contributed by atoms with Crippen LogP contribution in [-0.2, 0) is 13.0 Å². The monoisotopic (exact) mass is 327 g/mol. The van der Waals surface area contributed by atoms with E-state index < -0.39 is 0 Å². The molecular formula is C13H15BrClN3. The molecule has 0 saturated heterocycles. The smallest absolute Gasteiger partial charge is 0.0952 e. The third-order valence-corrected chi connectivity index (χ3v) is 3.43. The van der Waals surface area contributed by atoms with E-state index in [4.69, 9.17) is 17.3 Å². The molecule has 0 fully saturated rings. The van der Waals surface area contributed by atoms with Gasteiger partial charge in [0.05, 0.1) is 12.0 Å². The van der Waals surface area contributed by atoms with Crippen LogP contribution in [0.1, 0.15) is 18.2 Å². The average molecular weight is 329 g/mol. The van der Waals surface area contributed by atoms with Crippen molar-refractivity contribution in [3.05, 3.63) is 51.5 Å². The van der Waals surface area contributed by atoms with Gasteiger partial charge in [-0.15, -0.1) is 0 Å². The standard InChI is InChI=1S/C13H15BrClN3/c1-9(16)4-12-7-18(8-17-12)6-10-2-3-11(14)5-13(10)15/h2-3,5,7-9H,4,6,16H2,1H3. The SMILES string of the molecule is CC(N)Cc1cn(Cc2ccc(Br)cc2Cl)cn1. The molecule has 1 aromatic heterocycles. The van der Waals surface area contributed by atoms with Crippen LogP contribution >= 0.6 is 27.5 Å². The van der Waals surface area contributed by atoms with Gasteiger partial charge in [0, 0.05) is 34.7 Å². The third kappa shape index (κ3) is 3.57. The number of hydrogen-bond donors (Lipinski definition) is 1. The van der Waals surface area contributed by atoms with Crippen LogP contribution in [-0.4, -0.2) is 15.6 Å². The van der Waals surface area contributed by atoms with E-state index in [1.165, 1.54) is 0 Å². The second kappa shape index (κ2) is 5.87. The van der Waals surface area contributed by atoms with Crippen molar-refractivity contribution < 1.29 is 0 Å². The van der Waals surface area contributed by atoms with Gasteiger partial charge in [-0.2, -0.15) is 0 Å². The van der Waals surface area contributed by atoms with Crippen molar-refractivity contribution in [1.29, 1.82) is 0 Å². The fourth-order valence-electron chi connectivity index (χ4n) is 1.77. The Kier molecular flexibility index (Phi) is 4.43. The molecule has 0 radical (unpaired) electrons. The quantitative estimate of drug-likeness (QED) is 0.936. The van der Waals surface area contributed by atoms with E-state index in [1.807, 2.05) is 42.2 Å². The molecule has 2 aromatic rings. The van der Waals surface area contributed by atoms with Gasteiger partial charge in [0.25, 0.3) is 0 Å². The molecule has 0 saturated carbocycles. The molecule has 2 N–H and O–H groups in total. The van der Waals surface area contributed by atoms with E-state index in [0.29, 0.717) is 0 Å². The van der Waals surface area contributed by atoms with Crippen LogP contribution in [0.15, 0.2) is 35.2 Å². The molecule has 1 aromatic carbocycles. The van der Waals surface area contributed by atoms with Gasteiger partial charge in [-0.05, 0) is 24.6 Å². The Morgan fingerprint density at radius 2 is 2.28 bits per heavy atom. The Bertz CT molecular complexity index is 537. The lowest BCUT2D eigenvalue weighted by atomic mass is 10.2. The van der Waals surface area contributed by atoms with Crippen LogP contribution in [0.5, 0.6) is 0 Å². The van der Waals surface area contributed by atoms with E-state index in [1.54, 1.807) is 0 Å². The largest absolute Gasteiger partial charge is 0.333 e. The van der Waals surface area contributed by atoms with Gasteiger partial charge in [-0.25, -0.2) is 4.98 Å². The van der Waals surface area contributed by atoms with Gasteiger partial charge in [-0.1, -0.05) is 33.6 Å². The van der Waals surface area contributed by atoms with Crippen molar-refractivity contribution in [2.45, 2.75) is 25.9 Å². The van der Waals surface area contributed by atoms with Crippen molar-refractivity contribution in [2.75, 3.05) is 0 Å². The number of imidazole rings is 1. The molecular weight excluding hydrogens is 314 g/mol. The Labute approximate surface area is 120 Å². The maximum atomic E-state index is 6.19. The van der Waals surface area contributed by atoms with E-state index in [0.717, 1.165) is 33.7 Å². The molecule has 0 aliphatic heterocycles. The Morgan fingerprint density at radius 3 is 2.94 bits per heavy atom. The highest BCUT2D eigenvalue weighted by atomic mass is 79.9. The number of aromatic nitrogens is 2. The number of nitrogens with zero attached hydrogens (tertiary/aromatic N) is 2. The van der Waals surface area contributed by atoms with Crippen molar-refractivity contribution in [2.24, 2.45) is 5.73 Å². The molecule has 0 amide bonds. The first-order valence-corrected chi connectivity index (χ1v) is 6.92. The third-order valence-electron chi connectivity index (χ3n) is 2.59. The zero-order valence-electron chi connectivity index (χ0n) is 10.1. The topological polar surface area (TPSA) is 43.8 Å². The normalized spacial score (nSPS) is 12.7. The summed E-state index contributed by atoms with van der Waals surface area (Å²) in [5, 5.41) is 0.756. The van der Waals surface area contributed by atoms with Crippen LogP contribution in [0, 0.1) is 0 Å². The van der Waals surface area contributed by atoms with Crippen molar-refractivity contribution in [3.8, 4) is 0 Å². The Morgan fingerprint density at radius 1 is 1.50 bits per heavy atom. The summed E-state index contributed by atoms with van der Waals surface area (Å²) in [5.41, 5.74) is 7.84. The molecule has 1 unspecified atom stereocenters. The lowest BCUT2D eigenvalue weighted by molar-refractivity contribution is 0.723. The number of rotatable bonds is 4. The summed E-state index contributed by atoms with van der Waals surface area (Å²) in [6, 6.07) is 6.03. The summed E-state index contributed by atoms with van der Waals surface area (Å²) >= 11 is 9.58. The zero-order valence-corrected chi connectivity index (χ0v) is 12.4. The summed E-state index contributed by atoms with van der Waals surface area (Å²) in [4.78, 5) is 4.33. The number of halogens is 2. The highest BCUT2D eigenvalue weighted by Gasteiger charge is 2.05. The fourth-order valence-corrected chi connectivity index (χ4v) is 2.51. The molecule has 2 rings (SSSR count). The highest BCUT2D eigenvalue weighted by molar-refractivity contribution is 9.10. The predicted octanol–water partition coefficient (Wildman–Crippen LogP) is 3.24. The number of benzene rings is 1. The maximum absolute atomic E-state index is 6.19. The van der Waals surface area contributed by atoms with E-state index in [9.17, 15) is 0 Å². The summed E-state index contributed by atoms with van der Waals surface area (Å²) in [6.45, 7) is 2.70. The molecule has 3 nitrogen and oxygen atoms in total.